The van der Waals surface area contributed by atoms with Crippen LogP contribution in [0.2, 0.25) is 0 Å². The highest BCUT2D eigenvalue weighted by atomic mass is 16.5. The van der Waals surface area contributed by atoms with Crippen molar-refractivity contribution in [2.24, 2.45) is 28.6 Å². The zero-order chi connectivity index (χ0) is 24.2. The lowest BCUT2D eigenvalue weighted by atomic mass is 9.45. The molecule has 0 aromatic rings. The second-order valence-corrected chi connectivity index (χ2v) is 11.3. The van der Waals surface area contributed by atoms with E-state index in [0.717, 1.165) is 12.0 Å². The molecule has 33 heavy (non-hydrogen) atoms. The number of unbranched alkanes of at least 4 members (excludes halogenated alkanes) is 1. The Morgan fingerprint density at radius 1 is 1.21 bits per heavy atom. The molecule has 7 nitrogen and oxygen atoms in total. The molecular weight excluding hydrogens is 424 g/mol. The Bertz CT molecular complexity index is 865. The van der Waals surface area contributed by atoms with Gasteiger partial charge in [0.15, 0.2) is 12.4 Å². The minimum atomic E-state index is -1.68. The molecule has 0 amide bonds. The molecule has 0 heterocycles. The molecule has 3 saturated carbocycles. The standard InChI is InChI=1S/C26H38O7/c1-4-5-6-22(31)33-14-21(30)26(32)10-8-17-16-12-19(28)18-11-15(27)7-9-24(18,2)23(16)20(29)13-25(17,26)3/h11,16-17,19-20,23,28-29,32H,4-10,12-14H2,1-3H3/t16-,17-,19-,20-,23+,24-,25-,26-/m0/s1. The van der Waals surface area contributed by atoms with Crippen LogP contribution >= 0.6 is 0 Å². The van der Waals surface area contributed by atoms with Gasteiger partial charge in [-0.15, -0.1) is 0 Å². The summed E-state index contributed by atoms with van der Waals surface area (Å²) in [6.07, 6.45) is 4.35. The molecule has 4 aliphatic rings. The molecule has 4 aliphatic carbocycles. The van der Waals surface area contributed by atoms with Crippen molar-refractivity contribution in [3.8, 4) is 0 Å². The number of carbonyl (C=O) groups excluding carboxylic acids is 3. The van der Waals surface area contributed by atoms with Crippen molar-refractivity contribution >= 4 is 17.5 Å². The molecule has 0 aromatic heterocycles. The van der Waals surface area contributed by atoms with E-state index in [1.54, 1.807) is 6.08 Å². The van der Waals surface area contributed by atoms with E-state index in [-0.39, 0.29) is 42.8 Å². The summed E-state index contributed by atoms with van der Waals surface area (Å²) >= 11 is 0. The lowest BCUT2D eigenvalue weighted by Crippen LogP contribution is -2.63. The molecule has 0 spiro atoms. The molecule has 0 unspecified atom stereocenters. The van der Waals surface area contributed by atoms with Crippen LogP contribution in [0.15, 0.2) is 11.6 Å². The Kier molecular flexibility index (Phi) is 6.38. The predicted octanol–water partition coefficient (Wildman–Crippen LogP) is 2.49. The lowest BCUT2D eigenvalue weighted by Gasteiger charge is -2.61. The molecule has 4 rings (SSSR count). The van der Waals surface area contributed by atoms with E-state index >= 15 is 0 Å². The quantitative estimate of drug-likeness (QED) is 0.519. The highest BCUT2D eigenvalue weighted by molar-refractivity contribution is 5.92. The molecule has 0 bridgehead atoms. The van der Waals surface area contributed by atoms with Crippen LogP contribution in [-0.2, 0) is 19.1 Å². The largest absolute Gasteiger partial charge is 0.458 e. The fourth-order valence-electron chi connectivity index (χ4n) is 7.86. The molecule has 184 valence electrons. The Labute approximate surface area is 195 Å². The van der Waals surface area contributed by atoms with Gasteiger partial charge in [-0.1, -0.05) is 27.2 Å². The van der Waals surface area contributed by atoms with E-state index < -0.39 is 47.0 Å². The maximum absolute atomic E-state index is 13.2. The summed E-state index contributed by atoms with van der Waals surface area (Å²) in [6, 6.07) is 0. The minimum Gasteiger partial charge on any atom is -0.458 e. The Morgan fingerprint density at radius 3 is 2.64 bits per heavy atom. The topological polar surface area (TPSA) is 121 Å². The van der Waals surface area contributed by atoms with Crippen LogP contribution in [0.3, 0.4) is 0 Å². The predicted molar refractivity (Wildman–Crippen MR) is 120 cm³/mol. The number of hydrogen-bond donors (Lipinski definition) is 3. The van der Waals surface area contributed by atoms with Crippen LogP contribution in [0, 0.1) is 28.6 Å². The van der Waals surface area contributed by atoms with E-state index in [1.807, 2.05) is 20.8 Å². The van der Waals surface area contributed by atoms with Gasteiger partial charge < -0.3 is 20.1 Å². The maximum atomic E-state index is 13.2. The number of ether oxygens (including phenoxy) is 1. The number of rotatable bonds is 6. The Hall–Kier alpha value is -1.57. The first-order valence-electron chi connectivity index (χ1n) is 12.5. The van der Waals surface area contributed by atoms with Gasteiger partial charge in [-0.05, 0) is 73.3 Å². The van der Waals surface area contributed by atoms with E-state index in [1.165, 1.54) is 0 Å². The number of aliphatic hydroxyl groups excluding tert-OH is 2. The van der Waals surface area contributed by atoms with Gasteiger partial charge in [-0.2, -0.15) is 0 Å². The summed E-state index contributed by atoms with van der Waals surface area (Å²) in [4.78, 5) is 37.1. The smallest absolute Gasteiger partial charge is 0.306 e. The first-order valence-corrected chi connectivity index (χ1v) is 12.5. The molecule has 7 heteroatoms. The zero-order valence-corrected chi connectivity index (χ0v) is 20.0. The van der Waals surface area contributed by atoms with Crippen LogP contribution in [0.4, 0.5) is 0 Å². The molecule has 0 radical (unpaired) electrons. The number of fused-ring (bicyclic) bond motifs is 5. The third kappa shape index (κ3) is 3.71. The van der Waals surface area contributed by atoms with Gasteiger partial charge in [0.1, 0.15) is 5.60 Å². The van der Waals surface area contributed by atoms with Gasteiger partial charge in [0, 0.05) is 18.3 Å². The van der Waals surface area contributed by atoms with Crippen LogP contribution in [0.1, 0.15) is 78.6 Å². The van der Waals surface area contributed by atoms with Crippen molar-refractivity contribution in [2.75, 3.05) is 6.61 Å². The number of Topliss-reactive ketones (excluding diaryl/α,β-unsaturated/α-hetero) is 1. The fourth-order valence-corrected chi connectivity index (χ4v) is 7.86. The average Bonchev–Trinajstić information content (AvgIpc) is 3.03. The summed E-state index contributed by atoms with van der Waals surface area (Å²) in [6.45, 7) is 5.42. The van der Waals surface area contributed by atoms with Crippen molar-refractivity contribution in [1.82, 2.24) is 0 Å². The van der Waals surface area contributed by atoms with Crippen molar-refractivity contribution < 1.29 is 34.4 Å². The van der Waals surface area contributed by atoms with E-state index in [9.17, 15) is 29.7 Å². The second kappa shape index (κ2) is 8.58. The fraction of sp³-hybridized carbons (Fsp3) is 0.808. The highest BCUT2D eigenvalue weighted by Gasteiger charge is 2.69. The van der Waals surface area contributed by atoms with Crippen LogP contribution in [-0.4, -0.2) is 57.3 Å². The number of hydrogen-bond acceptors (Lipinski definition) is 7. The first kappa shape index (κ1) is 24.6. The molecule has 3 fully saturated rings. The Morgan fingerprint density at radius 2 is 1.94 bits per heavy atom. The molecule has 0 aliphatic heterocycles. The summed E-state index contributed by atoms with van der Waals surface area (Å²) in [5, 5.41) is 34.0. The molecule has 3 N–H and O–H groups in total. The monoisotopic (exact) mass is 462 g/mol. The number of ketones is 2. The van der Waals surface area contributed by atoms with E-state index in [2.05, 4.69) is 0 Å². The van der Waals surface area contributed by atoms with Crippen LogP contribution in [0.25, 0.3) is 0 Å². The lowest BCUT2D eigenvalue weighted by molar-refractivity contribution is -0.189. The zero-order valence-electron chi connectivity index (χ0n) is 20.0. The highest BCUT2D eigenvalue weighted by Crippen LogP contribution is 2.67. The van der Waals surface area contributed by atoms with Crippen LogP contribution < -0.4 is 0 Å². The van der Waals surface area contributed by atoms with Gasteiger partial charge in [-0.25, -0.2) is 0 Å². The van der Waals surface area contributed by atoms with Gasteiger partial charge >= 0.3 is 5.97 Å². The van der Waals surface area contributed by atoms with Crippen molar-refractivity contribution in [3.63, 3.8) is 0 Å². The van der Waals surface area contributed by atoms with E-state index in [0.29, 0.717) is 32.1 Å². The average molecular weight is 463 g/mol. The van der Waals surface area contributed by atoms with Gasteiger partial charge in [0.25, 0.3) is 0 Å². The summed E-state index contributed by atoms with van der Waals surface area (Å²) in [7, 11) is 0. The minimum absolute atomic E-state index is 0.0180. The van der Waals surface area contributed by atoms with Crippen LogP contribution in [0.5, 0.6) is 0 Å². The SMILES string of the molecule is CCCCC(=O)OCC(=O)[C@@]1(O)CC[C@H]2[C@@H]3C[C@H](O)C4=CC(=O)CC[C@]4(C)[C@H]3[C@@H](O)C[C@@]21C. The third-order valence-electron chi connectivity index (χ3n) is 9.62. The second-order valence-electron chi connectivity index (χ2n) is 11.3. The summed E-state index contributed by atoms with van der Waals surface area (Å²) < 4.78 is 5.17. The molecule has 0 saturated heterocycles. The number of esters is 1. The molecule has 8 atom stereocenters. The first-order chi connectivity index (χ1) is 15.5. The van der Waals surface area contributed by atoms with Crippen molar-refractivity contribution in [3.05, 3.63) is 11.6 Å². The Balaban J connectivity index is 1.58. The summed E-state index contributed by atoms with van der Waals surface area (Å²) in [5.74, 6) is -1.19. The summed E-state index contributed by atoms with van der Waals surface area (Å²) in [5.41, 5.74) is -2.30. The maximum Gasteiger partial charge on any atom is 0.306 e. The number of aliphatic hydroxyl groups is 3. The molecular formula is C26H38O7. The van der Waals surface area contributed by atoms with Gasteiger partial charge in [-0.3, -0.25) is 14.4 Å². The van der Waals surface area contributed by atoms with E-state index in [4.69, 9.17) is 4.74 Å². The normalized spacial score (nSPS) is 44.4. The van der Waals surface area contributed by atoms with Gasteiger partial charge in [0.2, 0.25) is 5.78 Å². The van der Waals surface area contributed by atoms with Crippen molar-refractivity contribution in [2.45, 2.75) is 96.4 Å². The molecule has 0 aromatic carbocycles. The number of carbonyl (C=O) groups is 3. The third-order valence-corrected chi connectivity index (χ3v) is 9.62. The van der Waals surface area contributed by atoms with Gasteiger partial charge in [0.05, 0.1) is 12.2 Å². The van der Waals surface area contributed by atoms with Crippen molar-refractivity contribution in [1.29, 1.82) is 0 Å².